The molecule has 0 saturated carbocycles. The molecule has 1 atom stereocenters. The van der Waals surface area contributed by atoms with Crippen LogP contribution in [-0.2, 0) is 17.7 Å². The SMILES string of the molecule is CCCc1ccc(CNCC2CCCO2)[nH]1. The zero-order valence-corrected chi connectivity index (χ0v) is 10.1. The van der Waals surface area contributed by atoms with Crippen molar-refractivity contribution in [2.45, 2.75) is 45.3 Å². The van der Waals surface area contributed by atoms with Crippen LogP contribution < -0.4 is 5.32 Å². The van der Waals surface area contributed by atoms with E-state index in [1.807, 2.05) is 0 Å². The maximum atomic E-state index is 5.56. The number of hydrogen-bond donors (Lipinski definition) is 2. The highest BCUT2D eigenvalue weighted by Crippen LogP contribution is 2.11. The van der Waals surface area contributed by atoms with Gasteiger partial charge in [-0.15, -0.1) is 0 Å². The molecule has 1 saturated heterocycles. The summed E-state index contributed by atoms with van der Waals surface area (Å²) in [6.07, 6.45) is 5.20. The summed E-state index contributed by atoms with van der Waals surface area (Å²) < 4.78 is 5.56. The molecule has 90 valence electrons. The molecular weight excluding hydrogens is 200 g/mol. The molecule has 1 aliphatic rings. The fourth-order valence-electron chi connectivity index (χ4n) is 2.18. The first-order valence-electron chi connectivity index (χ1n) is 6.37. The van der Waals surface area contributed by atoms with E-state index in [0.717, 1.165) is 26.1 Å². The summed E-state index contributed by atoms with van der Waals surface area (Å²) in [6, 6.07) is 4.36. The van der Waals surface area contributed by atoms with Gasteiger partial charge in [-0.3, -0.25) is 0 Å². The van der Waals surface area contributed by atoms with E-state index in [1.54, 1.807) is 0 Å². The second-order valence-corrected chi connectivity index (χ2v) is 4.52. The Labute approximate surface area is 97.6 Å². The van der Waals surface area contributed by atoms with Crippen molar-refractivity contribution in [2.24, 2.45) is 0 Å². The first-order valence-corrected chi connectivity index (χ1v) is 6.37. The number of hydrogen-bond acceptors (Lipinski definition) is 2. The Kier molecular flexibility index (Phi) is 4.43. The molecule has 0 bridgehead atoms. The second-order valence-electron chi connectivity index (χ2n) is 4.52. The molecule has 3 heteroatoms. The van der Waals surface area contributed by atoms with Crippen LogP contribution in [0.4, 0.5) is 0 Å². The molecule has 1 aromatic heterocycles. The molecule has 2 heterocycles. The summed E-state index contributed by atoms with van der Waals surface area (Å²) >= 11 is 0. The zero-order chi connectivity index (χ0) is 11.2. The largest absolute Gasteiger partial charge is 0.377 e. The van der Waals surface area contributed by atoms with Crippen molar-refractivity contribution < 1.29 is 4.74 Å². The van der Waals surface area contributed by atoms with Gasteiger partial charge in [0.15, 0.2) is 0 Å². The third kappa shape index (κ3) is 3.35. The van der Waals surface area contributed by atoms with Crippen LogP contribution in [0.3, 0.4) is 0 Å². The molecule has 0 spiro atoms. The third-order valence-electron chi connectivity index (χ3n) is 3.04. The highest BCUT2D eigenvalue weighted by molar-refractivity contribution is 5.13. The summed E-state index contributed by atoms with van der Waals surface area (Å²) in [5, 5.41) is 3.44. The van der Waals surface area contributed by atoms with Crippen molar-refractivity contribution in [3.63, 3.8) is 0 Å². The maximum Gasteiger partial charge on any atom is 0.0700 e. The lowest BCUT2D eigenvalue weighted by molar-refractivity contribution is 0.110. The van der Waals surface area contributed by atoms with E-state index in [2.05, 4.69) is 29.4 Å². The average molecular weight is 222 g/mol. The maximum absolute atomic E-state index is 5.56. The van der Waals surface area contributed by atoms with Crippen LogP contribution in [0.1, 0.15) is 37.6 Å². The van der Waals surface area contributed by atoms with Crippen molar-refractivity contribution in [2.75, 3.05) is 13.2 Å². The van der Waals surface area contributed by atoms with Gasteiger partial charge in [-0.2, -0.15) is 0 Å². The number of aromatic amines is 1. The smallest absolute Gasteiger partial charge is 0.0700 e. The van der Waals surface area contributed by atoms with Gasteiger partial charge in [-0.25, -0.2) is 0 Å². The highest BCUT2D eigenvalue weighted by atomic mass is 16.5. The van der Waals surface area contributed by atoms with E-state index in [9.17, 15) is 0 Å². The number of aryl methyl sites for hydroxylation is 1. The van der Waals surface area contributed by atoms with Crippen LogP contribution in [0.5, 0.6) is 0 Å². The first kappa shape index (κ1) is 11.7. The normalized spacial score (nSPS) is 20.4. The monoisotopic (exact) mass is 222 g/mol. The molecule has 16 heavy (non-hydrogen) atoms. The Morgan fingerprint density at radius 2 is 2.31 bits per heavy atom. The molecule has 3 nitrogen and oxygen atoms in total. The standard InChI is InChI=1S/C13H22N2O/c1-2-4-11-6-7-12(15-11)9-14-10-13-5-3-8-16-13/h6-7,13-15H,2-5,8-10H2,1H3. The minimum absolute atomic E-state index is 0.435. The van der Waals surface area contributed by atoms with Gasteiger partial charge in [0, 0.05) is 31.1 Å². The Hall–Kier alpha value is -0.800. The van der Waals surface area contributed by atoms with Gasteiger partial charge in [0.25, 0.3) is 0 Å². The Bertz CT molecular complexity index is 303. The van der Waals surface area contributed by atoms with Crippen LogP contribution >= 0.6 is 0 Å². The number of rotatable bonds is 6. The van der Waals surface area contributed by atoms with Crippen LogP contribution in [0, 0.1) is 0 Å². The Morgan fingerprint density at radius 1 is 1.44 bits per heavy atom. The third-order valence-corrected chi connectivity index (χ3v) is 3.04. The van der Waals surface area contributed by atoms with E-state index < -0.39 is 0 Å². The van der Waals surface area contributed by atoms with Crippen LogP contribution in [0.15, 0.2) is 12.1 Å². The van der Waals surface area contributed by atoms with E-state index in [1.165, 1.54) is 30.7 Å². The molecule has 2 N–H and O–H groups in total. The Balaban J connectivity index is 1.67. The van der Waals surface area contributed by atoms with E-state index in [-0.39, 0.29) is 0 Å². The van der Waals surface area contributed by atoms with Gasteiger partial charge in [-0.1, -0.05) is 13.3 Å². The number of nitrogens with one attached hydrogen (secondary N) is 2. The molecule has 0 aromatic carbocycles. The van der Waals surface area contributed by atoms with Gasteiger partial charge in [0.05, 0.1) is 6.10 Å². The summed E-state index contributed by atoms with van der Waals surface area (Å²) in [5.41, 5.74) is 2.62. The van der Waals surface area contributed by atoms with E-state index >= 15 is 0 Å². The molecule has 1 aromatic rings. The number of H-pyrrole nitrogens is 1. The van der Waals surface area contributed by atoms with E-state index in [0.29, 0.717) is 6.10 Å². The van der Waals surface area contributed by atoms with Crippen molar-refractivity contribution in [1.82, 2.24) is 10.3 Å². The lowest BCUT2D eigenvalue weighted by Gasteiger charge is -2.09. The fourth-order valence-corrected chi connectivity index (χ4v) is 2.18. The van der Waals surface area contributed by atoms with Crippen molar-refractivity contribution in [3.8, 4) is 0 Å². The summed E-state index contributed by atoms with van der Waals surface area (Å²) in [4.78, 5) is 3.44. The predicted octanol–water partition coefficient (Wildman–Crippen LogP) is 2.24. The molecule has 0 amide bonds. The van der Waals surface area contributed by atoms with Gasteiger partial charge in [0.2, 0.25) is 0 Å². The molecule has 0 aliphatic carbocycles. The minimum Gasteiger partial charge on any atom is -0.377 e. The lowest BCUT2D eigenvalue weighted by Crippen LogP contribution is -2.25. The van der Waals surface area contributed by atoms with Crippen LogP contribution in [0.2, 0.25) is 0 Å². The van der Waals surface area contributed by atoms with Gasteiger partial charge in [0.1, 0.15) is 0 Å². The van der Waals surface area contributed by atoms with Gasteiger partial charge >= 0.3 is 0 Å². The summed E-state index contributed by atoms with van der Waals surface area (Å²) in [6.45, 7) is 5.04. The molecule has 1 aliphatic heterocycles. The quantitative estimate of drug-likeness (QED) is 0.774. The van der Waals surface area contributed by atoms with Crippen molar-refractivity contribution in [1.29, 1.82) is 0 Å². The number of aromatic nitrogens is 1. The molecular formula is C13H22N2O. The fraction of sp³-hybridized carbons (Fsp3) is 0.692. The number of ether oxygens (including phenoxy) is 1. The van der Waals surface area contributed by atoms with Crippen LogP contribution in [0.25, 0.3) is 0 Å². The highest BCUT2D eigenvalue weighted by Gasteiger charge is 2.14. The topological polar surface area (TPSA) is 37.0 Å². The second kappa shape index (κ2) is 6.06. The lowest BCUT2D eigenvalue weighted by atomic mass is 10.2. The average Bonchev–Trinajstić information content (AvgIpc) is 2.90. The van der Waals surface area contributed by atoms with Crippen LogP contribution in [-0.4, -0.2) is 24.2 Å². The first-order chi connectivity index (χ1) is 7.88. The molecule has 0 radical (unpaired) electrons. The van der Waals surface area contributed by atoms with Crippen molar-refractivity contribution in [3.05, 3.63) is 23.5 Å². The molecule has 1 unspecified atom stereocenters. The molecule has 1 fully saturated rings. The minimum atomic E-state index is 0.435. The summed E-state index contributed by atoms with van der Waals surface area (Å²) in [7, 11) is 0. The van der Waals surface area contributed by atoms with E-state index in [4.69, 9.17) is 4.74 Å². The van der Waals surface area contributed by atoms with Gasteiger partial charge in [-0.05, 0) is 31.4 Å². The zero-order valence-electron chi connectivity index (χ0n) is 10.1. The Morgan fingerprint density at radius 3 is 3.06 bits per heavy atom. The predicted molar refractivity (Wildman–Crippen MR) is 65.5 cm³/mol. The van der Waals surface area contributed by atoms with Gasteiger partial charge < -0.3 is 15.0 Å². The van der Waals surface area contributed by atoms with Crippen molar-refractivity contribution >= 4 is 0 Å². The molecule has 2 rings (SSSR count). The summed E-state index contributed by atoms with van der Waals surface area (Å²) in [5.74, 6) is 0.